The molecule has 0 saturated heterocycles. The van der Waals surface area contributed by atoms with E-state index in [1.807, 2.05) is 11.3 Å². The number of hydrogen-bond acceptors (Lipinski definition) is 3. The Hall–Kier alpha value is -0.380. The van der Waals surface area contributed by atoms with Gasteiger partial charge < -0.3 is 10.4 Å². The van der Waals surface area contributed by atoms with Gasteiger partial charge in [-0.15, -0.1) is 11.3 Å². The third-order valence-corrected chi connectivity index (χ3v) is 4.10. The van der Waals surface area contributed by atoms with Crippen molar-refractivity contribution in [2.24, 2.45) is 0 Å². The number of rotatable bonds is 3. The van der Waals surface area contributed by atoms with Crippen LogP contribution in [-0.2, 0) is 0 Å². The molecule has 0 amide bonds. The first-order valence-electron chi connectivity index (χ1n) is 5.15. The molecule has 1 fully saturated rings. The molecule has 3 heteroatoms. The third kappa shape index (κ3) is 2.00. The molecule has 0 bridgehead atoms. The zero-order valence-electron chi connectivity index (χ0n) is 8.66. The number of aryl methyl sites for hydroxylation is 1. The topological polar surface area (TPSA) is 32.3 Å². The molecule has 2 rings (SSSR count). The van der Waals surface area contributed by atoms with E-state index in [0.29, 0.717) is 12.1 Å². The Balaban J connectivity index is 1.90. The molecular weight excluding hydrogens is 194 g/mol. The molecule has 1 saturated carbocycles. The van der Waals surface area contributed by atoms with E-state index in [4.69, 9.17) is 0 Å². The lowest BCUT2D eigenvalue weighted by Gasteiger charge is -2.34. The Morgan fingerprint density at radius 3 is 2.79 bits per heavy atom. The van der Waals surface area contributed by atoms with Gasteiger partial charge >= 0.3 is 0 Å². The highest BCUT2D eigenvalue weighted by Crippen LogP contribution is 2.27. The average Bonchev–Trinajstić information content (AvgIpc) is 2.48. The molecule has 0 spiro atoms. The van der Waals surface area contributed by atoms with E-state index in [1.54, 1.807) is 0 Å². The second-order valence-electron chi connectivity index (χ2n) is 4.18. The molecule has 1 aliphatic rings. The summed E-state index contributed by atoms with van der Waals surface area (Å²) in [5.74, 6) is 0. The van der Waals surface area contributed by atoms with Gasteiger partial charge in [0, 0.05) is 17.0 Å². The van der Waals surface area contributed by atoms with Gasteiger partial charge in [-0.1, -0.05) is 0 Å². The van der Waals surface area contributed by atoms with Crippen LogP contribution in [0.4, 0.5) is 0 Å². The molecule has 14 heavy (non-hydrogen) atoms. The van der Waals surface area contributed by atoms with Crippen LogP contribution in [0.3, 0.4) is 0 Å². The van der Waals surface area contributed by atoms with Gasteiger partial charge in [0.15, 0.2) is 0 Å². The highest BCUT2D eigenvalue weighted by Gasteiger charge is 2.28. The minimum Gasteiger partial charge on any atom is -0.393 e. The predicted molar refractivity (Wildman–Crippen MR) is 59.6 cm³/mol. The van der Waals surface area contributed by atoms with Gasteiger partial charge in [0.25, 0.3) is 0 Å². The molecule has 0 aliphatic heterocycles. The Morgan fingerprint density at radius 2 is 2.29 bits per heavy atom. The van der Waals surface area contributed by atoms with Gasteiger partial charge in [-0.05, 0) is 43.7 Å². The van der Waals surface area contributed by atoms with Crippen molar-refractivity contribution in [3.63, 3.8) is 0 Å². The fourth-order valence-corrected chi connectivity index (χ4v) is 2.93. The van der Waals surface area contributed by atoms with Crippen LogP contribution in [0.5, 0.6) is 0 Å². The lowest BCUT2D eigenvalue weighted by molar-refractivity contribution is 0.0587. The molecule has 1 atom stereocenters. The van der Waals surface area contributed by atoms with Gasteiger partial charge in [-0.2, -0.15) is 0 Å². The van der Waals surface area contributed by atoms with E-state index in [1.165, 1.54) is 10.4 Å². The average molecular weight is 211 g/mol. The van der Waals surface area contributed by atoms with Crippen LogP contribution in [0.2, 0.25) is 0 Å². The van der Waals surface area contributed by atoms with Crippen molar-refractivity contribution in [1.82, 2.24) is 5.32 Å². The van der Waals surface area contributed by atoms with Crippen molar-refractivity contribution in [3.05, 3.63) is 21.9 Å². The molecule has 1 aromatic heterocycles. The van der Waals surface area contributed by atoms with Crippen molar-refractivity contribution in [2.75, 3.05) is 0 Å². The summed E-state index contributed by atoms with van der Waals surface area (Å²) in [5, 5.41) is 14.9. The molecule has 2 nitrogen and oxygen atoms in total. The van der Waals surface area contributed by atoms with Gasteiger partial charge in [0.2, 0.25) is 0 Å². The lowest BCUT2D eigenvalue weighted by atomic mass is 9.89. The Morgan fingerprint density at radius 1 is 1.57 bits per heavy atom. The van der Waals surface area contributed by atoms with Crippen molar-refractivity contribution in [1.29, 1.82) is 0 Å². The van der Waals surface area contributed by atoms with Crippen molar-refractivity contribution < 1.29 is 5.11 Å². The van der Waals surface area contributed by atoms with Gasteiger partial charge in [-0.3, -0.25) is 0 Å². The monoisotopic (exact) mass is 211 g/mol. The Kier molecular flexibility index (Phi) is 2.91. The molecule has 1 aromatic rings. The standard InChI is InChI=1S/C11H17NOS/c1-7-3-4-14-11(7)8(2)12-9-5-10(13)6-9/h3-4,8-10,12-13H,5-6H2,1-2H3. The minimum absolute atomic E-state index is 0.0656. The number of nitrogens with one attached hydrogen (secondary N) is 1. The maximum atomic E-state index is 9.18. The SMILES string of the molecule is Cc1ccsc1C(C)NC1CC(O)C1. The summed E-state index contributed by atoms with van der Waals surface area (Å²) < 4.78 is 0. The minimum atomic E-state index is -0.0656. The highest BCUT2D eigenvalue weighted by atomic mass is 32.1. The quantitative estimate of drug-likeness (QED) is 0.803. The summed E-state index contributed by atoms with van der Waals surface area (Å²) in [5.41, 5.74) is 1.37. The Labute approximate surface area is 89.0 Å². The van der Waals surface area contributed by atoms with Gasteiger partial charge in [0.05, 0.1) is 6.10 Å². The fraction of sp³-hybridized carbons (Fsp3) is 0.636. The molecule has 2 N–H and O–H groups in total. The maximum absolute atomic E-state index is 9.18. The largest absolute Gasteiger partial charge is 0.393 e. The van der Waals surface area contributed by atoms with Crippen LogP contribution in [0, 0.1) is 6.92 Å². The van der Waals surface area contributed by atoms with Gasteiger partial charge in [-0.25, -0.2) is 0 Å². The zero-order valence-corrected chi connectivity index (χ0v) is 9.47. The van der Waals surface area contributed by atoms with Crippen LogP contribution in [0.15, 0.2) is 11.4 Å². The maximum Gasteiger partial charge on any atom is 0.0570 e. The molecular formula is C11H17NOS. The number of hydrogen-bond donors (Lipinski definition) is 2. The van der Waals surface area contributed by atoms with Crippen LogP contribution < -0.4 is 5.32 Å². The van der Waals surface area contributed by atoms with Crippen LogP contribution in [0.25, 0.3) is 0 Å². The van der Waals surface area contributed by atoms with E-state index in [9.17, 15) is 5.11 Å². The molecule has 0 radical (unpaired) electrons. The normalized spacial score (nSPS) is 28.5. The molecule has 78 valence electrons. The summed E-state index contributed by atoms with van der Waals surface area (Å²) in [6.07, 6.45) is 1.76. The van der Waals surface area contributed by atoms with E-state index in [2.05, 4.69) is 30.6 Å². The first-order chi connectivity index (χ1) is 6.66. The number of thiophene rings is 1. The molecule has 1 heterocycles. The lowest BCUT2D eigenvalue weighted by Crippen LogP contribution is -2.44. The van der Waals surface area contributed by atoms with Crippen LogP contribution >= 0.6 is 11.3 Å². The highest BCUT2D eigenvalue weighted by molar-refractivity contribution is 7.10. The first kappa shape index (κ1) is 10.1. The summed E-state index contributed by atoms with van der Waals surface area (Å²) in [6, 6.07) is 3.10. The smallest absolute Gasteiger partial charge is 0.0570 e. The Bertz CT molecular complexity index is 304. The van der Waals surface area contributed by atoms with Crippen LogP contribution in [-0.4, -0.2) is 17.3 Å². The number of aliphatic hydroxyl groups is 1. The predicted octanol–water partition coefficient (Wildman–Crippen LogP) is 2.23. The van der Waals surface area contributed by atoms with Crippen molar-refractivity contribution >= 4 is 11.3 Å². The van der Waals surface area contributed by atoms with Gasteiger partial charge in [0.1, 0.15) is 0 Å². The third-order valence-electron chi connectivity index (χ3n) is 2.89. The van der Waals surface area contributed by atoms with E-state index in [-0.39, 0.29) is 6.10 Å². The van der Waals surface area contributed by atoms with E-state index >= 15 is 0 Å². The van der Waals surface area contributed by atoms with Crippen molar-refractivity contribution in [3.8, 4) is 0 Å². The van der Waals surface area contributed by atoms with Crippen molar-refractivity contribution in [2.45, 2.75) is 44.9 Å². The molecule has 0 aromatic carbocycles. The first-order valence-corrected chi connectivity index (χ1v) is 6.03. The van der Waals surface area contributed by atoms with Crippen LogP contribution in [0.1, 0.15) is 36.2 Å². The zero-order chi connectivity index (χ0) is 10.1. The molecule has 1 unspecified atom stereocenters. The number of aliphatic hydroxyl groups excluding tert-OH is 1. The summed E-state index contributed by atoms with van der Waals surface area (Å²) in [6.45, 7) is 4.35. The molecule has 1 aliphatic carbocycles. The summed E-state index contributed by atoms with van der Waals surface area (Å²) in [4.78, 5) is 1.42. The summed E-state index contributed by atoms with van der Waals surface area (Å²) in [7, 11) is 0. The van der Waals surface area contributed by atoms with E-state index in [0.717, 1.165) is 12.8 Å². The van der Waals surface area contributed by atoms with E-state index < -0.39 is 0 Å². The second kappa shape index (κ2) is 4.01. The summed E-state index contributed by atoms with van der Waals surface area (Å²) >= 11 is 1.81. The fourth-order valence-electron chi connectivity index (χ4n) is 1.98. The second-order valence-corrected chi connectivity index (χ2v) is 5.13.